The standard InChI is InChI=1S/C10H11FO2/c1-3-8(2)12-13-10-6-4-5-9(11)7-10/h4-7H,2-3H2,1H3. The molecule has 0 aliphatic carbocycles. The molecule has 0 saturated heterocycles. The number of halogens is 1. The molecule has 2 nitrogen and oxygen atoms in total. The Morgan fingerprint density at radius 3 is 2.92 bits per heavy atom. The van der Waals surface area contributed by atoms with Crippen LogP contribution in [0, 0.1) is 5.82 Å². The van der Waals surface area contributed by atoms with E-state index >= 15 is 0 Å². The number of benzene rings is 1. The van der Waals surface area contributed by atoms with Crippen molar-refractivity contribution in [3.8, 4) is 5.75 Å². The second-order valence-electron chi connectivity index (χ2n) is 2.52. The van der Waals surface area contributed by atoms with Crippen molar-refractivity contribution in [2.24, 2.45) is 0 Å². The van der Waals surface area contributed by atoms with Crippen molar-refractivity contribution in [2.45, 2.75) is 13.3 Å². The molecule has 3 heteroatoms. The lowest BCUT2D eigenvalue weighted by atomic mass is 10.3. The zero-order chi connectivity index (χ0) is 9.68. The van der Waals surface area contributed by atoms with Crippen LogP contribution in [0.2, 0.25) is 0 Å². The van der Waals surface area contributed by atoms with Gasteiger partial charge in [-0.15, -0.1) is 0 Å². The van der Waals surface area contributed by atoms with E-state index in [1.165, 1.54) is 12.1 Å². The van der Waals surface area contributed by atoms with Gasteiger partial charge in [-0.25, -0.2) is 4.39 Å². The summed E-state index contributed by atoms with van der Waals surface area (Å²) in [4.78, 5) is 9.57. The van der Waals surface area contributed by atoms with Crippen molar-refractivity contribution in [2.75, 3.05) is 0 Å². The lowest BCUT2D eigenvalue weighted by Crippen LogP contribution is -1.95. The Hall–Kier alpha value is -1.51. The van der Waals surface area contributed by atoms with Gasteiger partial charge in [-0.3, -0.25) is 9.78 Å². The fraction of sp³-hybridized carbons (Fsp3) is 0.200. The van der Waals surface area contributed by atoms with Crippen LogP contribution in [0.4, 0.5) is 4.39 Å². The summed E-state index contributed by atoms with van der Waals surface area (Å²) in [6, 6.07) is 5.72. The van der Waals surface area contributed by atoms with Crippen LogP contribution < -0.4 is 4.89 Å². The molecule has 13 heavy (non-hydrogen) atoms. The summed E-state index contributed by atoms with van der Waals surface area (Å²) in [5.74, 6) is 0.474. The molecule has 0 aliphatic rings. The van der Waals surface area contributed by atoms with Crippen LogP contribution in [-0.2, 0) is 4.89 Å². The Labute approximate surface area is 76.5 Å². The molecule has 0 radical (unpaired) electrons. The average molecular weight is 182 g/mol. The SMILES string of the molecule is C=C(CC)OOc1cccc(F)c1. The zero-order valence-electron chi connectivity index (χ0n) is 7.42. The highest BCUT2D eigenvalue weighted by atomic mass is 19.1. The third kappa shape index (κ3) is 3.15. The highest BCUT2D eigenvalue weighted by Crippen LogP contribution is 2.13. The lowest BCUT2D eigenvalue weighted by Gasteiger charge is -2.05. The maximum atomic E-state index is 12.6. The van der Waals surface area contributed by atoms with Gasteiger partial charge in [0.25, 0.3) is 0 Å². The first-order chi connectivity index (χ1) is 6.22. The van der Waals surface area contributed by atoms with Crippen LogP contribution in [0.5, 0.6) is 5.75 Å². The highest BCUT2D eigenvalue weighted by Gasteiger charge is 1.97. The minimum atomic E-state index is -0.358. The van der Waals surface area contributed by atoms with Crippen molar-refractivity contribution in [3.05, 3.63) is 42.4 Å². The molecule has 1 rings (SSSR count). The number of allylic oxidation sites excluding steroid dienone is 1. The first-order valence-corrected chi connectivity index (χ1v) is 4.00. The Balaban J connectivity index is 2.50. The number of hydrogen-bond donors (Lipinski definition) is 0. The average Bonchev–Trinajstić information content (AvgIpc) is 2.14. The minimum Gasteiger partial charge on any atom is -0.295 e. The summed E-state index contributed by atoms with van der Waals surface area (Å²) < 4.78 is 12.6. The minimum absolute atomic E-state index is 0.328. The van der Waals surface area contributed by atoms with Gasteiger partial charge in [-0.2, -0.15) is 0 Å². The van der Waals surface area contributed by atoms with Gasteiger partial charge in [-0.1, -0.05) is 19.6 Å². The van der Waals surface area contributed by atoms with E-state index < -0.39 is 0 Å². The van der Waals surface area contributed by atoms with E-state index in [-0.39, 0.29) is 5.82 Å². The van der Waals surface area contributed by atoms with Crippen molar-refractivity contribution in [1.29, 1.82) is 0 Å². The Kier molecular flexibility index (Phi) is 3.31. The second-order valence-corrected chi connectivity index (χ2v) is 2.52. The molecule has 70 valence electrons. The smallest absolute Gasteiger partial charge is 0.181 e. The lowest BCUT2D eigenvalue weighted by molar-refractivity contribution is -0.168. The van der Waals surface area contributed by atoms with Gasteiger partial charge in [0.2, 0.25) is 0 Å². The van der Waals surface area contributed by atoms with Gasteiger partial charge >= 0.3 is 0 Å². The quantitative estimate of drug-likeness (QED) is 0.404. The topological polar surface area (TPSA) is 18.5 Å². The Morgan fingerprint density at radius 1 is 1.54 bits per heavy atom. The van der Waals surface area contributed by atoms with Gasteiger partial charge < -0.3 is 0 Å². The molecule has 1 aromatic carbocycles. The predicted molar refractivity (Wildman–Crippen MR) is 47.5 cm³/mol. The molecule has 0 saturated carbocycles. The van der Waals surface area contributed by atoms with Crippen LogP contribution in [-0.4, -0.2) is 0 Å². The molecule has 0 unspecified atom stereocenters. The highest BCUT2D eigenvalue weighted by molar-refractivity contribution is 5.21. The van der Waals surface area contributed by atoms with Crippen LogP contribution in [0.25, 0.3) is 0 Å². The summed E-state index contributed by atoms with van der Waals surface area (Å²) in [5, 5.41) is 0. The van der Waals surface area contributed by atoms with Crippen LogP contribution in [0.3, 0.4) is 0 Å². The van der Waals surface area contributed by atoms with Crippen molar-refractivity contribution < 1.29 is 14.2 Å². The van der Waals surface area contributed by atoms with Crippen LogP contribution >= 0.6 is 0 Å². The molecule has 0 spiro atoms. The van der Waals surface area contributed by atoms with Gasteiger partial charge in [-0.05, 0) is 12.1 Å². The molecule has 0 bridgehead atoms. The fourth-order valence-corrected chi connectivity index (χ4v) is 0.685. The molecule has 0 amide bonds. The predicted octanol–water partition coefficient (Wildman–Crippen LogP) is 3.06. The second kappa shape index (κ2) is 4.50. The summed E-state index contributed by atoms with van der Waals surface area (Å²) in [7, 11) is 0. The fourth-order valence-electron chi connectivity index (χ4n) is 0.685. The summed E-state index contributed by atoms with van der Waals surface area (Å²) in [6.45, 7) is 5.46. The van der Waals surface area contributed by atoms with Gasteiger partial charge in [0.15, 0.2) is 5.75 Å². The van der Waals surface area contributed by atoms with Gasteiger partial charge in [0.1, 0.15) is 11.6 Å². The Morgan fingerprint density at radius 2 is 2.31 bits per heavy atom. The van der Waals surface area contributed by atoms with E-state index in [0.717, 1.165) is 0 Å². The molecule has 0 N–H and O–H groups in total. The van der Waals surface area contributed by atoms with Crippen molar-refractivity contribution in [1.82, 2.24) is 0 Å². The molecule has 1 aromatic rings. The molecule has 0 fully saturated rings. The molecule has 0 atom stereocenters. The maximum absolute atomic E-state index is 12.6. The number of hydrogen-bond acceptors (Lipinski definition) is 2. The molecule has 0 aromatic heterocycles. The van der Waals surface area contributed by atoms with Crippen LogP contribution in [0.15, 0.2) is 36.6 Å². The summed E-state index contributed by atoms with van der Waals surface area (Å²) in [5.41, 5.74) is 0. The monoisotopic (exact) mass is 182 g/mol. The van der Waals surface area contributed by atoms with Crippen molar-refractivity contribution >= 4 is 0 Å². The largest absolute Gasteiger partial charge is 0.295 e. The normalized spacial score (nSPS) is 9.38. The van der Waals surface area contributed by atoms with E-state index in [0.29, 0.717) is 17.9 Å². The van der Waals surface area contributed by atoms with E-state index in [1.54, 1.807) is 12.1 Å². The Bertz CT molecular complexity index is 297. The van der Waals surface area contributed by atoms with Gasteiger partial charge in [0, 0.05) is 12.5 Å². The zero-order valence-corrected chi connectivity index (χ0v) is 7.42. The molecule has 0 aliphatic heterocycles. The van der Waals surface area contributed by atoms with E-state index in [1.807, 2.05) is 6.92 Å². The van der Waals surface area contributed by atoms with E-state index in [2.05, 4.69) is 6.58 Å². The van der Waals surface area contributed by atoms with Gasteiger partial charge in [0.05, 0.1) is 0 Å². The molecular weight excluding hydrogens is 171 g/mol. The molecular formula is C10H11FO2. The summed E-state index contributed by atoms with van der Waals surface area (Å²) in [6.07, 6.45) is 0.662. The maximum Gasteiger partial charge on any atom is 0.181 e. The first kappa shape index (κ1) is 9.58. The van der Waals surface area contributed by atoms with E-state index in [9.17, 15) is 4.39 Å². The van der Waals surface area contributed by atoms with Crippen LogP contribution in [0.1, 0.15) is 13.3 Å². The number of rotatable bonds is 4. The first-order valence-electron chi connectivity index (χ1n) is 4.00. The third-order valence-corrected chi connectivity index (χ3v) is 1.45. The van der Waals surface area contributed by atoms with E-state index in [4.69, 9.17) is 9.78 Å². The third-order valence-electron chi connectivity index (χ3n) is 1.45. The molecule has 0 heterocycles. The van der Waals surface area contributed by atoms with Crippen molar-refractivity contribution in [3.63, 3.8) is 0 Å². The summed E-state index contributed by atoms with van der Waals surface area (Å²) >= 11 is 0.